The van der Waals surface area contributed by atoms with E-state index >= 15 is 0 Å². The minimum absolute atomic E-state index is 0.0904. The maximum Gasteiger partial charge on any atom is 0.254 e. The Bertz CT molecular complexity index is 693. The van der Waals surface area contributed by atoms with Crippen molar-refractivity contribution in [3.63, 3.8) is 0 Å². The highest BCUT2D eigenvalue weighted by Gasteiger charge is 2.17. The fraction of sp³-hybridized carbons (Fsp3) is 0.429. The van der Waals surface area contributed by atoms with Gasteiger partial charge in [0.05, 0.1) is 0 Å². The van der Waals surface area contributed by atoms with Gasteiger partial charge in [-0.25, -0.2) is 4.98 Å². The van der Waals surface area contributed by atoms with Gasteiger partial charge in [0.1, 0.15) is 5.82 Å². The van der Waals surface area contributed by atoms with Crippen molar-refractivity contribution < 1.29 is 4.79 Å². The molecular weight excluding hydrogens is 310 g/mol. The van der Waals surface area contributed by atoms with Crippen LogP contribution in [0.15, 0.2) is 42.6 Å². The summed E-state index contributed by atoms with van der Waals surface area (Å²) in [5.41, 5.74) is 3.01. The maximum absolute atomic E-state index is 12.9. The van der Waals surface area contributed by atoms with Crippen molar-refractivity contribution in [1.29, 1.82) is 0 Å². The Hall–Kier alpha value is -2.36. The monoisotopic (exact) mass is 339 g/mol. The molecule has 0 unspecified atom stereocenters. The van der Waals surface area contributed by atoms with Gasteiger partial charge < -0.3 is 9.80 Å². The molecule has 0 bridgehead atoms. The summed E-state index contributed by atoms with van der Waals surface area (Å²) in [6.07, 6.45) is 3.67. The number of nitrogens with zero attached hydrogens (tertiary/aromatic N) is 3. The molecule has 134 valence electrons. The average Bonchev–Trinajstić information content (AvgIpc) is 2.62. The molecule has 2 aromatic rings. The molecule has 0 radical (unpaired) electrons. The summed E-state index contributed by atoms with van der Waals surface area (Å²) in [6, 6.07) is 12.1. The Kier molecular flexibility index (Phi) is 6.99. The van der Waals surface area contributed by atoms with Crippen LogP contribution in [0, 0.1) is 6.92 Å². The van der Waals surface area contributed by atoms with Crippen LogP contribution in [-0.4, -0.2) is 35.4 Å². The molecule has 0 aliphatic carbocycles. The van der Waals surface area contributed by atoms with Crippen LogP contribution in [0.4, 0.5) is 11.5 Å². The first-order valence-corrected chi connectivity index (χ1v) is 9.20. The number of hydrogen-bond acceptors (Lipinski definition) is 3. The molecule has 1 amide bonds. The van der Waals surface area contributed by atoms with Gasteiger partial charge in [-0.2, -0.15) is 0 Å². The molecule has 0 aliphatic heterocycles. The lowest BCUT2D eigenvalue weighted by Crippen LogP contribution is -2.32. The van der Waals surface area contributed by atoms with Gasteiger partial charge in [0.2, 0.25) is 0 Å². The van der Waals surface area contributed by atoms with Gasteiger partial charge in [-0.1, -0.05) is 26.0 Å². The number of rotatable bonds is 8. The summed E-state index contributed by atoms with van der Waals surface area (Å²) < 4.78 is 0. The van der Waals surface area contributed by atoms with Gasteiger partial charge in [0, 0.05) is 37.1 Å². The van der Waals surface area contributed by atoms with E-state index in [0.717, 1.165) is 44.0 Å². The zero-order chi connectivity index (χ0) is 18.2. The molecular formula is C21H29N3O. The third-order valence-corrected chi connectivity index (χ3v) is 4.17. The molecule has 0 saturated carbocycles. The quantitative estimate of drug-likeness (QED) is 0.692. The van der Waals surface area contributed by atoms with Crippen molar-refractivity contribution in [2.24, 2.45) is 0 Å². The Balaban J connectivity index is 2.31. The van der Waals surface area contributed by atoms with E-state index in [1.54, 1.807) is 6.20 Å². The molecule has 1 heterocycles. The van der Waals surface area contributed by atoms with Crippen LogP contribution in [0.25, 0.3) is 0 Å². The highest BCUT2D eigenvalue weighted by atomic mass is 16.2. The smallest absolute Gasteiger partial charge is 0.254 e. The van der Waals surface area contributed by atoms with Crippen molar-refractivity contribution >= 4 is 17.4 Å². The van der Waals surface area contributed by atoms with Gasteiger partial charge in [-0.05, 0) is 56.5 Å². The lowest BCUT2D eigenvalue weighted by molar-refractivity contribution is 0.0755. The molecule has 2 rings (SSSR count). The van der Waals surface area contributed by atoms with Gasteiger partial charge >= 0.3 is 0 Å². The van der Waals surface area contributed by atoms with E-state index in [2.05, 4.69) is 55.8 Å². The summed E-state index contributed by atoms with van der Waals surface area (Å²) in [6.45, 7) is 10.8. The van der Waals surface area contributed by atoms with Crippen LogP contribution in [0.5, 0.6) is 0 Å². The standard InChI is InChI=1S/C21H29N3O/c1-5-13-23(14-6-2)21(25)18-11-12-22-20(16-18)24(7-3)19-10-8-9-17(4)15-19/h8-12,15-16H,5-7,13-14H2,1-4H3. The molecule has 0 atom stereocenters. The SMILES string of the molecule is CCCN(CCC)C(=O)c1ccnc(N(CC)c2cccc(C)c2)c1. The number of aromatic nitrogens is 1. The minimum Gasteiger partial charge on any atom is -0.339 e. The molecule has 1 aromatic carbocycles. The van der Waals surface area contributed by atoms with Gasteiger partial charge in [0.15, 0.2) is 0 Å². The molecule has 1 aromatic heterocycles. The topological polar surface area (TPSA) is 36.4 Å². The number of carbonyl (C=O) groups is 1. The maximum atomic E-state index is 12.9. The van der Waals surface area contributed by atoms with Crippen LogP contribution in [-0.2, 0) is 0 Å². The van der Waals surface area contributed by atoms with E-state index in [9.17, 15) is 4.79 Å². The van der Waals surface area contributed by atoms with E-state index in [-0.39, 0.29) is 5.91 Å². The number of anilines is 2. The summed E-state index contributed by atoms with van der Waals surface area (Å²) in [4.78, 5) is 21.4. The fourth-order valence-corrected chi connectivity index (χ4v) is 3.01. The largest absolute Gasteiger partial charge is 0.339 e. The fourth-order valence-electron chi connectivity index (χ4n) is 3.01. The lowest BCUT2D eigenvalue weighted by Gasteiger charge is -2.24. The van der Waals surface area contributed by atoms with Crippen LogP contribution >= 0.6 is 0 Å². The first-order valence-electron chi connectivity index (χ1n) is 9.20. The van der Waals surface area contributed by atoms with E-state index in [0.29, 0.717) is 5.56 Å². The zero-order valence-electron chi connectivity index (χ0n) is 15.8. The Morgan fingerprint density at radius 2 is 1.76 bits per heavy atom. The van der Waals surface area contributed by atoms with Gasteiger partial charge in [-0.3, -0.25) is 4.79 Å². The summed E-state index contributed by atoms with van der Waals surface area (Å²) >= 11 is 0. The first-order chi connectivity index (χ1) is 12.1. The number of pyridine rings is 1. The van der Waals surface area contributed by atoms with E-state index in [4.69, 9.17) is 0 Å². The van der Waals surface area contributed by atoms with Crippen LogP contribution in [0.2, 0.25) is 0 Å². The third-order valence-electron chi connectivity index (χ3n) is 4.17. The molecule has 0 spiro atoms. The van der Waals surface area contributed by atoms with E-state index < -0.39 is 0 Å². The first kappa shape index (κ1) is 19.0. The van der Waals surface area contributed by atoms with Gasteiger partial charge in [-0.15, -0.1) is 0 Å². The van der Waals surface area contributed by atoms with Crippen LogP contribution in [0.3, 0.4) is 0 Å². The Labute approximate surface area is 151 Å². The number of benzene rings is 1. The predicted molar refractivity (Wildman–Crippen MR) is 105 cm³/mol. The number of carbonyl (C=O) groups excluding carboxylic acids is 1. The second-order valence-electron chi connectivity index (χ2n) is 6.28. The molecule has 25 heavy (non-hydrogen) atoms. The average molecular weight is 339 g/mol. The summed E-state index contributed by atoms with van der Waals surface area (Å²) in [5.74, 6) is 0.902. The van der Waals surface area contributed by atoms with Crippen LogP contribution < -0.4 is 4.90 Å². The summed E-state index contributed by atoms with van der Waals surface area (Å²) in [5, 5.41) is 0. The van der Waals surface area contributed by atoms with Crippen LogP contribution in [0.1, 0.15) is 49.5 Å². The van der Waals surface area contributed by atoms with Crippen molar-refractivity contribution in [1.82, 2.24) is 9.88 Å². The van der Waals surface area contributed by atoms with E-state index in [1.807, 2.05) is 23.1 Å². The Morgan fingerprint density at radius 1 is 1.04 bits per heavy atom. The van der Waals surface area contributed by atoms with E-state index in [1.165, 1.54) is 5.56 Å². The zero-order valence-corrected chi connectivity index (χ0v) is 15.8. The molecule has 0 fully saturated rings. The highest BCUT2D eigenvalue weighted by Crippen LogP contribution is 2.25. The molecule has 0 N–H and O–H groups in total. The number of hydrogen-bond donors (Lipinski definition) is 0. The Morgan fingerprint density at radius 3 is 2.36 bits per heavy atom. The van der Waals surface area contributed by atoms with Crippen molar-refractivity contribution in [3.05, 3.63) is 53.7 Å². The van der Waals surface area contributed by atoms with Crippen molar-refractivity contribution in [2.75, 3.05) is 24.5 Å². The second-order valence-corrected chi connectivity index (χ2v) is 6.28. The summed E-state index contributed by atoms with van der Waals surface area (Å²) in [7, 11) is 0. The second kappa shape index (κ2) is 9.21. The van der Waals surface area contributed by atoms with Crippen molar-refractivity contribution in [2.45, 2.75) is 40.5 Å². The lowest BCUT2D eigenvalue weighted by atomic mass is 10.2. The molecule has 4 heteroatoms. The highest BCUT2D eigenvalue weighted by molar-refractivity contribution is 5.95. The number of aryl methyl sites for hydroxylation is 1. The minimum atomic E-state index is 0.0904. The third kappa shape index (κ3) is 4.81. The molecule has 0 saturated heterocycles. The van der Waals surface area contributed by atoms with Crippen molar-refractivity contribution in [3.8, 4) is 0 Å². The molecule has 0 aliphatic rings. The predicted octanol–water partition coefficient (Wildman–Crippen LogP) is 4.81. The normalized spacial score (nSPS) is 10.6. The van der Waals surface area contributed by atoms with Gasteiger partial charge in [0.25, 0.3) is 5.91 Å². The number of amides is 1. The molecule has 4 nitrogen and oxygen atoms in total.